The summed E-state index contributed by atoms with van der Waals surface area (Å²) in [6.07, 6.45) is 3.21. The predicted octanol–water partition coefficient (Wildman–Crippen LogP) is 2.31. The van der Waals surface area contributed by atoms with E-state index < -0.39 is 25.0 Å². The minimum absolute atomic E-state index is 0.303. The molecular formula is C19H21ClN2O5. The average Bonchev–Trinajstić information content (AvgIpc) is 2.88. The second kappa shape index (κ2) is 8.08. The molecule has 144 valence electrons. The lowest BCUT2D eigenvalue weighted by Gasteiger charge is -2.19. The maximum absolute atomic E-state index is 12.3. The quantitative estimate of drug-likeness (QED) is 0.613. The number of amides is 3. The number of nitrogens with zero attached hydrogens (tertiary/aromatic N) is 1. The number of fused-ring (bicyclic) bond motifs is 1. The fraction of sp³-hybridized carbons (Fsp3) is 0.474. The highest BCUT2D eigenvalue weighted by Gasteiger charge is 2.48. The Morgan fingerprint density at radius 2 is 1.81 bits per heavy atom. The Kier molecular flexibility index (Phi) is 5.79. The lowest BCUT2D eigenvalue weighted by molar-refractivity contribution is -0.154. The summed E-state index contributed by atoms with van der Waals surface area (Å²) in [7, 11) is 0. The van der Waals surface area contributed by atoms with Gasteiger partial charge >= 0.3 is 5.97 Å². The van der Waals surface area contributed by atoms with Gasteiger partial charge in [-0.3, -0.25) is 24.1 Å². The lowest BCUT2D eigenvalue weighted by atomic mass is 9.81. The van der Waals surface area contributed by atoms with Gasteiger partial charge in [-0.25, -0.2) is 0 Å². The van der Waals surface area contributed by atoms with Crippen LogP contribution in [0, 0.1) is 18.8 Å². The van der Waals surface area contributed by atoms with Crippen LogP contribution in [-0.2, 0) is 23.9 Å². The lowest BCUT2D eigenvalue weighted by Crippen LogP contribution is -2.37. The van der Waals surface area contributed by atoms with Gasteiger partial charge in [0.25, 0.3) is 5.91 Å². The number of nitrogens with one attached hydrogen (secondary N) is 1. The number of anilines is 1. The van der Waals surface area contributed by atoms with E-state index in [4.69, 9.17) is 16.3 Å². The third kappa shape index (κ3) is 4.30. The summed E-state index contributed by atoms with van der Waals surface area (Å²) < 4.78 is 4.93. The molecule has 1 aromatic carbocycles. The Balaban J connectivity index is 1.50. The maximum Gasteiger partial charge on any atom is 0.326 e. The summed E-state index contributed by atoms with van der Waals surface area (Å²) in [6.45, 7) is 0.847. The third-order valence-electron chi connectivity index (χ3n) is 5.05. The number of likely N-dealkylation sites (tertiary alicyclic amines) is 1. The van der Waals surface area contributed by atoms with Crippen LogP contribution in [0.1, 0.15) is 31.2 Å². The van der Waals surface area contributed by atoms with E-state index in [9.17, 15) is 19.2 Å². The molecule has 0 bridgehead atoms. The van der Waals surface area contributed by atoms with Gasteiger partial charge in [-0.05, 0) is 43.5 Å². The smallest absolute Gasteiger partial charge is 0.326 e. The SMILES string of the molecule is Cc1cc(Cl)ccc1NC(=O)COC(=O)CN1C(=O)[C@H]2CCCC[C@@H]2C1=O. The Morgan fingerprint density at radius 1 is 1.19 bits per heavy atom. The number of imide groups is 1. The molecule has 3 rings (SSSR count). The Hall–Kier alpha value is -2.41. The van der Waals surface area contributed by atoms with Crippen LogP contribution >= 0.6 is 11.6 Å². The number of hydrogen-bond donors (Lipinski definition) is 1. The van der Waals surface area contributed by atoms with Crippen molar-refractivity contribution in [2.45, 2.75) is 32.6 Å². The molecule has 1 aliphatic heterocycles. The van der Waals surface area contributed by atoms with Crippen LogP contribution in [0.3, 0.4) is 0 Å². The van der Waals surface area contributed by atoms with Gasteiger partial charge in [-0.1, -0.05) is 24.4 Å². The Labute approximate surface area is 162 Å². The summed E-state index contributed by atoms with van der Waals surface area (Å²) in [6, 6.07) is 4.99. The van der Waals surface area contributed by atoms with Gasteiger partial charge in [0.2, 0.25) is 11.8 Å². The van der Waals surface area contributed by atoms with Crippen molar-refractivity contribution in [1.82, 2.24) is 4.90 Å². The van der Waals surface area contributed by atoms with Crippen LogP contribution < -0.4 is 5.32 Å². The van der Waals surface area contributed by atoms with Crippen LogP contribution in [0.15, 0.2) is 18.2 Å². The fourth-order valence-electron chi connectivity index (χ4n) is 3.66. The van der Waals surface area contributed by atoms with E-state index in [-0.39, 0.29) is 23.7 Å². The highest BCUT2D eigenvalue weighted by molar-refractivity contribution is 6.30. The van der Waals surface area contributed by atoms with Gasteiger partial charge in [-0.2, -0.15) is 0 Å². The highest BCUT2D eigenvalue weighted by atomic mass is 35.5. The number of rotatable bonds is 5. The van der Waals surface area contributed by atoms with E-state index in [2.05, 4.69) is 5.32 Å². The number of carbonyl (C=O) groups is 4. The van der Waals surface area contributed by atoms with E-state index >= 15 is 0 Å². The van der Waals surface area contributed by atoms with Crippen molar-refractivity contribution in [3.63, 3.8) is 0 Å². The molecule has 7 nitrogen and oxygen atoms in total. The van der Waals surface area contributed by atoms with Crippen LogP contribution in [-0.4, -0.2) is 41.7 Å². The molecule has 1 aliphatic carbocycles. The topological polar surface area (TPSA) is 92.8 Å². The molecule has 2 aliphatic rings. The molecule has 0 aromatic heterocycles. The number of hydrogen-bond acceptors (Lipinski definition) is 5. The first-order chi connectivity index (χ1) is 12.9. The van der Waals surface area contributed by atoms with E-state index in [1.807, 2.05) is 0 Å². The zero-order valence-electron chi connectivity index (χ0n) is 15.0. The third-order valence-corrected chi connectivity index (χ3v) is 5.28. The average molecular weight is 393 g/mol. The molecule has 1 saturated heterocycles. The minimum atomic E-state index is -0.779. The fourth-order valence-corrected chi connectivity index (χ4v) is 3.89. The van der Waals surface area contributed by atoms with Gasteiger partial charge < -0.3 is 10.1 Å². The van der Waals surface area contributed by atoms with Crippen LogP contribution in [0.5, 0.6) is 0 Å². The van der Waals surface area contributed by atoms with Crippen molar-refractivity contribution < 1.29 is 23.9 Å². The molecule has 1 N–H and O–H groups in total. The van der Waals surface area contributed by atoms with E-state index in [0.29, 0.717) is 23.6 Å². The second-order valence-electron chi connectivity index (χ2n) is 6.93. The molecule has 0 unspecified atom stereocenters. The molecule has 2 fully saturated rings. The molecule has 8 heteroatoms. The minimum Gasteiger partial charge on any atom is -0.454 e. The van der Waals surface area contributed by atoms with Gasteiger partial charge in [-0.15, -0.1) is 0 Å². The van der Waals surface area contributed by atoms with Gasteiger partial charge in [0.15, 0.2) is 6.61 Å². The largest absolute Gasteiger partial charge is 0.454 e. The van der Waals surface area contributed by atoms with Crippen molar-refractivity contribution in [3.05, 3.63) is 28.8 Å². The summed E-state index contributed by atoms with van der Waals surface area (Å²) in [5, 5.41) is 3.18. The zero-order valence-corrected chi connectivity index (χ0v) is 15.8. The first-order valence-corrected chi connectivity index (χ1v) is 9.31. The number of carbonyl (C=O) groups excluding carboxylic acids is 4. The molecule has 0 radical (unpaired) electrons. The van der Waals surface area contributed by atoms with Crippen molar-refractivity contribution >= 4 is 41.0 Å². The van der Waals surface area contributed by atoms with Gasteiger partial charge in [0.05, 0.1) is 11.8 Å². The van der Waals surface area contributed by atoms with E-state index in [0.717, 1.165) is 23.3 Å². The normalized spacial score (nSPS) is 21.8. The predicted molar refractivity (Wildman–Crippen MR) is 97.9 cm³/mol. The first-order valence-electron chi connectivity index (χ1n) is 8.93. The molecule has 2 atom stereocenters. The number of ether oxygens (including phenoxy) is 1. The van der Waals surface area contributed by atoms with Crippen molar-refractivity contribution in [1.29, 1.82) is 0 Å². The first kappa shape index (κ1) is 19.4. The standard InChI is InChI=1S/C19H21ClN2O5/c1-11-8-12(20)6-7-15(11)21-16(23)10-27-17(24)9-22-18(25)13-4-2-3-5-14(13)19(22)26/h6-8,13-14H,2-5,9-10H2,1H3,(H,21,23)/t13-,14-/m0/s1. The van der Waals surface area contributed by atoms with Crippen LogP contribution in [0.25, 0.3) is 0 Å². The number of aryl methyl sites for hydroxylation is 1. The Bertz CT molecular complexity index is 770. The summed E-state index contributed by atoms with van der Waals surface area (Å²) in [5.74, 6) is -2.52. The summed E-state index contributed by atoms with van der Waals surface area (Å²) in [4.78, 5) is 49.6. The molecule has 1 saturated carbocycles. The van der Waals surface area contributed by atoms with E-state index in [1.54, 1.807) is 25.1 Å². The number of benzene rings is 1. The highest BCUT2D eigenvalue weighted by Crippen LogP contribution is 2.37. The molecule has 3 amide bonds. The second-order valence-corrected chi connectivity index (χ2v) is 7.36. The molecule has 1 aromatic rings. The monoisotopic (exact) mass is 392 g/mol. The van der Waals surface area contributed by atoms with E-state index in [1.165, 1.54) is 0 Å². The Morgan fingerprint density at radius 3 is 2.41 bits per heavy atom. The van der Waals surface area contributed by atoms with Gasteiger partial charge in [0.1, 0.15) is 6.54 Å². The number of esters is 1. The van der Waals surface area contributed by atoms with Crippen LogP contribution in [0.2, 0.25) is 5.02 Å². The zero-order chi connectivity index (χ0) is 19.6. The molecule has 27 heavy (non-hydrogen) atoms. The summed E-state index contributed by atoms with van der Waals surface area (Å²) in [5.41, 5.74) is 1.34. The number of halogens is 1. The maximum atomic E-state index is 12.3. The summed E-state index contributed by atoms with van der Waals surface area (Å²) >= 11 is 5.86. The van der Waals surface area contributed by atoms with Crippen LogP contribution in [0.4, 0.5) is 5.69 Å². The van der Waals surface area contributed by atoms with Crippen molar-refractivity contribution in [2.24, 2.45) is 11.8 Å². The van der Waals surface area contributed by atoms with Gasteiger partial charge in [0, 0.05) is 10.7 Å². The van der Waals surface area contributed by atoms with Crippen molar-refractivity contribution in [2.75, 3.05) is 18.5 Å². The molecule has 0 spiro atoms. The molecular weight excluding hydrogens is 372 g/mol. The molecule has 1 heterocycles. The van der Waals surface area contributed by atoms with Crippen molar-refractivity contribution in [3.8, 4) is 0 Å².